The van der Waals surface area contributed by atoms with Gasteiger partial charge in [0.15, 0.2) is 0 Å². The van der Waals surface area contributed by atoms with E-state index in [0.717, 1.165) is 5.33 Å². The number of alkyl halides is 1. The molecule has 1 atom stereocenters. The standard InChI is InChI=1S/C11H11Br2FN2O/c12-4-6-1-10(17)16(5-6)9-3-7(14)2-8(13)11(9)15/h2-3,6H,1,4-5,15H2. The molecule has 0 aromatic heterocycles. The van der Waals surface area contributed by atoms with Gasteiger partial charge in [-0.05, 0) is 34.0 Å². The van der Waals surface area contributed by atoms with Crippen molar-refractivity contribution in [3.63, 3.8) is 0 Å². The molecule has 1 aromatic carbocycles. The summed E-state index contributed by atoms with van der Waals surface area (Å²) in [6.45, 7) is 0.574. The molecule has 0 aliphatic carbocycles. The average Bonchev–Trinajstić information content (AvgIpc) is 2.65. The van der Waals surface area contributed by atoms with Crippen LogP contribution in [-0.2, 0) is 4.79 Å². The molecule has 92 valence electrons. The van der Waals surface area contributed by atoms with Gasteiger partial charge in [0.2, 0.25) is 5.91 Å². The van der Waals surface area contributed by atoms with Crippen LogP contribution in [0.2, 0.25) is 0 Å². The lowest BCUT2D eigenvalue weighted by atomic mass is 10.2. The van der Waals surface area contributed by atoms with Gasteiger partial charge in [0.1, 0.15) is 5.82 Å². The summed E-state index contributed by atoms with van der Waals surface area (Å²) in [6.07, 6.45) is 0.471. The van der Waals surface area contributed by atoms with E-state index in [2.05, 4.69) is 31.9 Å². The van der Waals surface area contributed by atoms with Crippen LogP contribution in [0.1, 0.15) is 6.42 Å². The SMILES string of the molecule is Nc1c(Br)cc(F)cc1N1CC(CBr)CC1=O. The maximum absolute atomic E-state index is 13.3. The Bertz CT molecular complexity index is 467. The summed E-state index contributed by atoms with van der Waals surface area (Å²) in [5.74, 6) is -0.168. The first kappa shape index (κ1) is 12.8. The third kappa shape index (κ3) is 2.47. The van der Waals surface area contributed by atoms with Crippen molar-refractivity contribution in [3.05, 3.63) is 22.4 Å². The summed E-state index contributed by atoms with van der Waals surface area (Å²) in [7, 11) is 0. The number of nitrogens with zero attached hydrogens (tertiary/aromatic N) is 1. The summed E-state index contributed by atoms with van der Waals surface area (Å²) in [5.41, 5.74) is 6.71. The van der Waals surface area contributed by atoms with Crippen LogP contribution in [-0.4, -0.2) is 17.8 Å². The number of hydrogen-bond donors (Lipinski definition) is 1. The summed E-state index contributed by atoms with van der Waals surface area (Å²) in [4.78, 5) is 13.4. The van der Waals surface area contributed by atoms with Gasteiger partial charge in [-0.1, -0.05) is 15.9 Å². The number of nitrogen functional groups attached to an aromatic ring is 1. The van der Waals surface area contributed by atoms with E-state index in [4.69, 9.17) is 5.73 Å². The maximum Gasteiger partial charge on any atom is 0.227 e. The third-order valence-electron chi connectivity index (χ3n) is 2.79. The summed E-state index contributed by atoms with van der Waals surface area (Å²) < 4.78 is 13.8. The van der Waals surface area contributed by atoms with E-state index in [1.165, 1.54) is 12.1 Å². The van der Waals surface area contributed by atoms with Crippen molar-refractivity contribution >= 4 is 49.1 Å². The minimum absolute atomic E-state index is 0.0151. The van der Waals surface area contributed by atoms with E-state index >= 15 is 0 Å². The molecule has 6 heteroatoms. The number of nitrogens with two attached hydrogens (primary N) is 1. The number of rotatable bonds is 2. The van der Waals surface area contributed by atoms with Crippen LogP contribution in [0.25, 0.3) is 0 Å². The Hall–Kier alpha value is -0.620. The van der Waals surface area contributed by atoms with Crippen LogP contribution < -0.4 is 10.6 Å². The molecule has 1 saturated heterocycles. The second kappa shape index (κ2) is 4.94. The third-order valence-corrected chi connectivity index (χ3v) is 4.36. The highest BCUT2D eigenvalue weighted by Gasteiger charge is 2.31. The van der Waals surface area contributed by atoms with Crippen molar-refractivity contribution < 1.29 is 9.18 Å². The van der Waals surface area contributed by atoms with Gasteiger partial charge >= 0.3 is 0 Å². The molecule has 1 unspecified atom stereocenters. The van der Waals surface area contributed by atoms with Crippen molar-refractivity contribution in [2.75, 3.05) is 22.5 Å². The minimum Gasteiger partial charge on any atom is -0.396 e. The van der Waals surface area contributed by atoms with E-state index in [1.54, 1.807) is 4.90 Å². The average molecular weight is 366 g/mol. The topological polar surface area (TPSA) is 46.3 Å². The van der Waals surface area contributed by atoms with Gasteiger partial charge in [-0.3, -0.25) is 4.79 Å². The number of amides is 1. The Morgan fingerprint density at radius 2 is 2.24 bits per heavy atom. The van der Waals surface area contributed by atoms with Crippen LogP contribution in [0.15, 0.2) is 16.6 Å². The Kier molecular flexibility index (Phi) is 3.73. The van der Waals surface area contributed by atoms with E-state index in [1.807, 2.05) is 0 Å². The molecule has 1 heterocycles. The number of halogens is 3. The predicted octanol–water partition coefficient (Wildman–Crippen LogP) is 2.92. The highest BCUT2D eigenvalue weighted by Crippen LogP contribution is 2.35. The predicted molar refractivity (Wildman–Crippen MR) is 72.8 cm³/mol. The summed E-state index contributed by atoms with van der Waals surface area (Å²) >= 11 is 6.54. The molecule has 0 spiro atoms. The largest absolute Gasteiger partial charge is 0.396 e. The number of benzene rings is 1. The summed E-state index contributed by atoms with van der Waals surface area (Å²) in [5, 5.41) is 0.756. The fourth-order valence-electron chi connectivity index (χ4n) is 1.91. The van der Waals surface area contributed by atoms with Gasteiger partial charge in [-0.15, -0.1) is 0 Å². The Labute approximate surface area is 115 Å². The first-order chi connectivity index (χ1) is 8.02. The Balaban J connectivity index is 2.38. The van der Waals surface area contributed by atoms with E-state index in [9.17, 15) is 9.18 Å². The van der Waals surface area contributed by atoms with Crippen LogP contribution in [0.5, 0.6) is 0 Å². The zero-order valence-electron chi connectivity index (χ0n) is 8.92. The number of carbonyl (C=O) groups excluding carboxylic acids is 1. The quantitative estimate of drug-likeness (QED) is 0.647. The monoisotopic (exact) mass is 364 g/mol. The zero-order valence-corrected chi connectivity index (χ0v) is 12.1. The lowest BCUT2D eigenvalue weighted by Crippen LogP contribution is -2.25. The molecule has 3 nitrogen and oxygen atoms in total. The van der Waals surface area contributed by atoms with E-state index < -0.39 is 5.82 Å². The van der Waals surface area contributed by atoms with Crippen molar-refractivity contribution in [1.29, 1.82) is 0 Å². The molecule has 0 bridgehead atoms. The van der Waals surface area contributed by atoms with Gasteiger partial charge in [-0.2, -0.15) is 0 Å². The van der Waals surface area contributed by atoms with Crippen LogP contribution in [0.3, 0.4) is 0 Å². The van der Waals surface area contributed by atoms with Gasteiger partial charge in [0, 0.05) is 22.8 Å². The van der Waals surface area contributed by atoms with Crippen molar-refractivity contribution in [3.8, 4) is 0 Å². The van der Waals surface area contributed by atoms with E-state index in [-0.39, 0.29) is 11.8 Å². The molecular formula is C11H11Br2FN2O. The molecule has 0 radical (unpaired) electrons. The fourth-order valence-corrected chi connectivity index (χ4v) is 2.77. The number of hydrogen-bond acceptors (Lipinski definition) is 2. The lowest BCUT2D eigenvalue weighted by Gasteiger charge is -2.19. The van der Waals surface area contributed by atoms with Gasteiger partial charge < -0.3 is 10.6 Å². The van der Waals surface area contributed by atoms with Crippen LogP contribution in [0, 0.1) is 11.7 Å². The fraction of sp³-hybridized carbons (Fsp3) is 0.364. The highest BCUT2D eigenvalue weighted by molar-refractivity contribution is 9.10. The minimum atomic E-state index is -0.406. The first-order valence-corrected chi connectivity index (χ1v) is 7.05. The normalized spacial score (nSPS) is 20.1. The first-order valence-electron chi connectivity index (χ1n) is 5.13. The highest BCUT2D eigenvalue weighted by atomic mass is 79.9. The molecule has 1 amide bonds. The van der Waals surface area contributed by atoms with Crippen LogP contribution >= 0.6 is 31.9 Å². The summed E-state index contributed by atoms with van der Waals surface area (Å²) in [6, 6.07) is 2.59. The number of carbonyl (C=O) groups is 1. The molecule has 2 N–H and O–H groups in total. The van der Waals surface area contributed by atoms with Crippen molar-refractivity contribution in [2.45, 2.75) is 6.42 Å². The van der Waals surface area contributed by atoms with Gasteiger partial charge in [-0.25, -0.2) is 4.39 Å². The van der Waals surface area contributed by atoms with Crippen molar-refractivity contribution in [2.24, 2.45) is 5.92 Å². The second-order valence-corrected chi connectivity index (χ2v) is 5.55. The molecule has 1 aliphatic rings. The molecule has 0 saturated carbocycles. The number of anilines is 2. The molecular weight excluding hydrogens is 355 g/mol. The maximum atomic E-state index is 13.3. The van der Waals surface area contributed by atoms with Crippen molar-refractivity contribution in [1.82, 2.24) is 0 Å². The van der Waals surface area contributed by atoms with Gasteiger partial charge in [0.25, 0.3) is 0 Å². The lowest BCUT2D eigenvalue weighted by molar-refractivity contribution is -0.117. The molecule has 1 aliphatic heterocycles. The second-order valence-electron chi connectivity index (χ2n) is 4.05. The zero-order chi connectivity index (χ0) is 12.6. The molecule has 1 fully saturated rings. The van der Waals surface area contributed by atoms with Crippen LogP contribution in [0.4, 0.5) is 15.8 Å². The molecule has 2 rings (SSSR count). The molecule has 17 heavy (non-hydrogen) atoms. The Morgan fingerprint density at radius 3 is 2.82 bits per heavy atom. The molecule has 1 aromatic rings. The smallest absolute Gasteiger partial charge is 0.227 e. The van der Waals surface area contributed by atoms with E-state index in [0.29, 0.717) is 28.8 Å². The Morgan fingerprint density at radius 1 is 1.53 bits per heavy atom. The van der Waals surface area contributed by atoms with Gasteiger partial charge in [0.05, 0.1) is 11.4 Å².